The van der Waals surface area contributed by atoms with Gasteiger partial charge in [0.2, 0.25) is 0 Å². The van der Waals surface area contributed by atoms with Crippen LogP contribution in [0, 0.1) is 0 Å². The third kappa shape index (κ3) is 3.98. The zero-order valence-electron chi connectivity index (χ0n) is 11.5. The van der Waals surface area contributed by atoms with Crippen molar-refractivity contribution in [3.8, 4) is 0 Å². The van der Waals surface area contributed by atoms with Gasteiger partial charge in [-0.3, -0.25) is 4.79 Å². The van der Waals surface area contributed by atoms with Crippen LogP contribution in [0.3, 0.4) is 0 Å². The molecule has 1 amide bonds. The predicted molar refractivity (Wildman–Crippen MR) is 78.3 cm³/mol. The van der Waals surface area contributed by atoms with Gasteiger partial charge in [-0.25, -0.2) is 4.99 Å². The monoisotopic (exact) mass is 262 g/mol. The molecular formula is C14H22N4O. The van der Waals surface area contributed by atoms with Crippen LogP contribution in [0.5, 0.6) is 0 Å². The van der Waals surface area contributed by atoms with E-state index < -0.39 is 5.91 Å². The molecule has 0 spiro atoms. The average Bonchev–Trinajstić information content (AvgIpc) is 2.39. The Morgan fingerprint density at radius 2 is 2.26 bits per heavy atom. The van der Waals surface area contributed by atoms with Gasteiger partial charge in [0.15, 0.2) is 5.70 Å². The molecule has 0 aromatic heterocycles. The number of rotatable bonds is 6. The largest absolute Gasteiger partial charge is 0.383 e. The molecule has 0 saturated heterocycles. The van der Waals surface area contributed by atoms with E-state index in [1.807, 2.05) is 17.1 Å². The molecule has 1 aliphatic heterocycles. The van der Waals surface area contributed by atoms with Gasteiger partial charge < -0.3 is 16.4 Å². The Morgan fingerprint density at radius 1 is 1.53 bits per heavy atom. The highest BCUT2D eigenvalue weighted by atomic mass is 16.1. The number of carbonyl (C=O) groups is 1. The van der Waals surface area contributed by atoms with Crippen molar-refractivity contribution in [1.29, 1.82) is 0 Å². The smallest absolute Gasteiger partial charge is 0.271 e. The van der Waals surface area contributed by atoms with Crippen LogP contribution in [0.1, 0.15) is 26.7 Å². The summed E-state index contributed by atoms with van der Waals surface area (Å²) in [6.07, 6.45) is 11.7. The van der Waals surface area contributed by atoms with Crippen LogP contribution in [0.15, 0.2) is 40.8 Å². The fourth-order valence-corrected chi connectivity index (χ4v) is 1.89. The predicted octanol–water partition coefficient (Wildman–Crippen LogP) is 1.29. The third-order valence-corrected chi connectivity index (χ3v) is 2.92. The van der Waals surface area contributed by atoms with Gasteiger partial charge in [0.25, 0.3) is 5.91 Å². The molecule has 1 aliphatic rings. The second kappa shape index (κ2) is 7.41. The molecule has 1 unspecified atom stereocenters. The summed E-state index contributed by atoms with van der Waals surface area (Å²) < 4.78 is 0. The molecular weight excluding hydrogens is 240 g/mol. The van der Waals surface area contributed by atoms with E-state index in [1.54, 1.807) is 6.21 Å². The van der Waals surface area contributed by atoms with E-state index in [0.717, 1.165) is 12.8 Å². The summed E-state index contributed by atoms with van der Waals surface area (Å²) in [4.78, 5) is 17.1. The van der Waals surface area contributed by atoms with Gasteiger partial charge in [-0.1, -0.05) is 38.2 Å². The Balaban J connectivity index is 2.87. The van der Waals surface area contributed by atoms with Crippen LogP contribution in [0.4, 0.5) is 0 Å². The molecule has 104 valence electrons. The Hall–Kier alpha value is -2.04. The maximum atomic E-state index is 11.2. The summed E-state index contributed by atoms with van der Waals surface area (Å²) in [7, 11) is 0. The van der Waals surface area contributed by atoms with Crippen LogP contribution in [-0.2, 0) is 4.79 Å². The fraction of sp³-hybridized carbons (Fsp3) is 0.429. The number of allylic oxidation sites excluding steroid dienone is 3. The number of nitrogens with two attached hydrogens (primary N) is 2. The Kier molecular flexibility index (Phi) is 5.85. The maximum Gasteiger partial charge on any atom is 0.271 e. The molecule has 1 rings (SSSR count). The minimum Gasteiger partial charge on any atom is -0.383 e. The lowest BCUT2D eigenvalue weighted by molar-refractivity contribution is -0.114. The van der Waals surface area contributed by atoms with Crippen molar-refractivity contribution >= 4 is 12.1 Å². The van der Waals surface area contributed by atoms with E-state index in [2.05, 4.69) is 31.0 Å². The molecule has 0 fully saturated rings. The lowest BCUT2D eigenvalue weighted by atomic mass is 10.1. The van der Waals surface area contributed by atoms with Crippen molar-refractivity contribution in [3.05, 3.63) is 35.8 Å². The van der Waals surface area contributed by atoms with Crippen LogP contribution in [-0.4, -0.2) is 29.6 Å². The lowest BCUT2D eigenvalue weighted by Gasteiger charge is -2.32. The summed E-state index contributed by atoms with van der Waals surface area (Å²) in [5.41, 5.74) is 11.4. The quantitative estimate of drug-likeness (QED) is 0.707. The van der Waals surface area contributed by atoms with E-state index >= 15 is 0 Å². The van der Waals surface area contributed by atoms with Gasteiger partial charge in [0, 0.05) is 12.3 Å². The maximum absolute atomic E-state index is 11.2. The number of hydrogen-bond acceptors (Lipinski definition) is 4. The Labute approximate surface area is 114 Å². The topological polar surface area (TPSA) is 84.7 Å². The first-order chi connectivity index (χ1) is 9.11. The average molecular weight is 262 g/mol. The Bertz CT molecular complexity index is 435. The highest BCUT2D eigenvalue weighted by molar-refractivity contribution is 5.94. The first-order valence-corrected chi connectivity index (χ1v) is 6.53. The zero-order chi connectivity index (χ0) is 14.3. The van der Waals surface area contributed by atoms with Crippen LogP contribution in [0.2, 0.25) is 0 Å². The summed E-state index contributed by atoms with van der Waals surface area (Å²) >= 11 is 0. The summed E-state index contributed by atoms with van der Waals surface area (Å²) in [5, 5.41) is 0. The molecule has 0 aliphatic carbocycles. The van der Waals surface area contributed by atoms with Crippen LogP contribution < -0.4 is 11.5 Å². The SMILES string of the molecule is CC/C=C/C=CC(CC)N1CC=NC(C(N)=O)=C1N. The van der Waals surface area contributed by atoms with Crippen molar-refractivity contribution in [2.45, 2.75) is 32.7 Å². The van der Waals surface area contributed by atoms with Gasteiger partial charge in [-0.2, -0.15) is 0 Å². The molecule has 0 aromatic rings. The van der Waals surface area contributed by atoms with Gasteiger partial charge >= 0.3 is 0 Å². The van der Waals surface area contributed by atoms with Crippen molar-refractivity contribution in [2.24, 2.45) is 16.5 Å². The van der Waals surface area contributed by atoms with Gasteiger partial charge in [0.05, 0.1) is 6.54 Å². The molecule has 0 radical (unpaired) electrons. The minimum absolute atomic E-state index is 0.127. The molecule has 4 N–H and O–H groups in total. The molecule has 19 heavy (non-hydrogen) atoms. The second-order valence-electron chi connectivity index (χ2n) is 4.26. The lowest BCUT2D eigenvalue weighted by Crippen LogP contribution is -2.41. The molecule has 0 aromatic carbocycles. The summed E-state index contributed by atoms with van der Waals surface area (Å²) in [5.74, 6) is -0.242. The molecule has 0 bridgehead atoms. The fourth-order valence-electron chi connectivity index (χ4n) is 1.89. The normalized spacial score (nSPS) is 17.7. The van der Waals surface area contributed by atoms with Crippen molar-refractivity contribution in [3.63, 3.8) is 0 Å². The highest BCUT2D eigenvalue weighted by Crippen LogP contribution is 2.16. The standard InChI is InChI=1S/C14H22N4O/c1-3-5-6-7-8-11(4-2)18-10-9-17-12(13(18)15)14(16)19/h5-9,11H,3-4,10,15H2,1-2H3,(H2,16,19)/b6-5+,8-7?. The first-order valence-electron chi connectivity index (χ1n) is 6.53. The van der Waals surface area contributed by atoms with E-state index in [4.69, 9.17) is 11.5 Å². The third-order valence-electron chi connectivity index (χ3n) is 2.92. The molecule has 1 atom stereocenters. The number of hydrogen-bond donors (Lipinski definition) is 2. The number of amides is 1. The molecule has 5 heteroatoms. The number of aliphatic imine (C=N–C) groups is 1. The van der Waals surface area contributed by atoms with Gasteiger partial charge in [0.1, 0.15) is 5.82 Å². The number of primary amides is 1. The van der Waals surface area contributed by atoms with Crippen molar-refractivity contribution in [1.82, 2.24) is 4.90 Å². The van der Waals surface area contributed by atoms with Gasteiger partial charge in [-0.05, 0) is 12.8 Å². The van der Waals surface area contributed by atoms with E-state index in [0.29, 0.717) is 12.4 Å². The number of nitrogens with zero attached hydrogens (tertiary/aromatic N) is 2. The van der Waals surface area contributed by atoms with Crippen molar-refractivity contribution < 1.29 is 4.79 Å². The minimum atomic E-state index is -0.594. The zero-order valence-corrected chi connectivity index (χ0v) is 11.5. The van der Waals surface area contributed by atoms with E-state index in [-0.39, 0.29) is 11.7 Å². The Morgan fingerprint density at radius 3 is 2.84 bits per heavy atom. The molecule has 1 heterocycles. The highest BCUT2D eigenvalue weighted by Gasteiger charge is 2.22. The van der Waals surface area contributed by atoms with Crippen LogP contribution >= 0.6 is 0 Å². The van der Waals surface area contributed by atoms with Crippen molar-refractivity contribution in [2.75, 3.05) is 6.54 Å². The summed E-state index contributed by atoms with van der Waals surface area (Å²) in [6.45, 7) is 4.74. The second-order valence-corrected chi connectivity index (χ2v) is 4.26. The molecule has 0 saturated carbocycles. The van der Waals surface area contributed by atoms with Gasteiger partial charge in [-0.15, -0.1) is 0 Å². The summed E-state index contributed by atoms with van der Waals surface area (Å²) in [6, 6.07) is 0.127. The van der Waals surface area contributed by atoms with E-state index in [9.17, 15) is 4.79 Å². The molecule has 5 nitrogen and oxygen atoms in total. The number of carbonyl (C=O) groups excluding carboxylic acids is 1. The first kappa shape index (κ1) is 15.0. The van der Waals surface area contributed by atoms with E-state index in [1.165, 1.54) is 0 Å². The van der Waals surface area contributed by atoms with Crippen LogP contribution in [0.25, 0.3) is 0 Å².